The summed E-state index contributed by atoms with van der Waals surface area (Å²) in [5.74, 6) is 0.533. The van der Waals surface area contributed by atoms with Crippen LogP contribution in [0.3, 0.4) is 0 Å². The highest BCUT2D eigenvalue weighted by atomic mass is 14.8. The molecule has 1 aromatic heterocycles. The Morgan fingerprint density at radius 3 is 2.75 bits per heavy atom. The lowest BCUT2D eigenvalue weighted by molar-refractivity contribution is 0.734. The molecule has 0 aliphatic carbocycles. The van der Waals surface area contributed by atoms with E-state index in [-0.39, 0.29) is 0 Å². The van der Waals surface area contributed by atoms with Crippen LogP contribution in [0.5, 0.6) is 0 Å². The van der Waals surface area contributed by atoms with Crippen molar-refractivity contribution in [1.82, 2.24) is 4.98 Å². The van der Waals surface area contributed by atoms with E-state index in [0.717, 1.165) is 17.3 Å². The second-order valence-electron chi connectivity index (χ2n) is 4.21. The summed E-state index contributed by atoms with van der Waals surface area (Å²) in [4.78, 5) is 4.26. The Labute approximate surface area is 95.5 Å². The van der Waals surface area contributed by atoms with Crippen LogP contribution in [-0.4, -0.2) is 4.98 Å². The van der Waals surface area contributed by atoms with Gasteiger partial charge in [-0.2, -0.15) is 0 Å². The van der Waals surface area contributed by atoms with Crippen molar-refractivity contribution in [2.75, 3.05) is 11.5 Å². The highest BCUT2D eigenvalue weighted by Gasteiger charge is 2.07. The second-order valence-corrected chi connectivity index (χ2v) is 4.21. The molecule has 0 radical (unpaired) electrons. The van der Waals surface area contributed by atoms with Crippen LogP contribution >= 0.6 is 0 Å². The van der Waals surface area contributed by atoms with Gasteiger partial charge in [-0.15, -0.1) is 0 Å². The predicted molar refractivity (Wildman–Crippen MR) is 69.3 cm³/mol. The van der Waals surface area contributed by atoms with Gasteiger partial charge in [0, 0.05) is 5.39 Å². The Balaban J connectivity index is 2.64. The van der Waals surface area contributed by atoms with Gasteiger partial charge in [0.1, 0.15) is 0 Å². The Morgan fingerprint density at radius 2 is 2.06 bits per heavy atom. The normalized spacial score (nSPS) is 12.9. The van der Waals surface area contributed by atoms with Crippen LogP contribution in [0, 0.1) is 0 Å². The summed E-state index contributed by atoms with van der Waals surface area (Å²) in [5.41, 5.74) is 15.1. The lowest BCUT2D eigenvalue weighted by Crippen LogP contribution is -1.98. The molecule has 0 amide bonds. The first-order valence-corrected chi connectivity index (χ1v) is 5.57. The van der Waals surface area contributed by atoms with Crippen molar-refractivity contribution in [3.63, 3.8) is 0 Å². The summed E-state index contributed by atoms with van der Waals surface area (Å²) in [6.07, 6.45) is 2.72. The number of nitrogens with zero attached hydrogens (tertiary/aromatic N) is 1. The van der Waals surface area contributed by atoms with Gasteiger partial charge in [0.2, 0.25) is 0 Å². The molecule has 0 aliphatic rings. The zero-order chi connectivity index (χ0) is 11.7. The Bertz CT molecular complexity index is 520. The number of nitrogen functional groups attached to an aromatic ring is 2. The molecule has 0 saturated heterocycles. The number of rotatable bonds is 2. The number of fused-ring (bicyclic) bond motifs is 1. The third-order valence-electron chi connectivity index (χ3n) is 3.15. The summed E-state index contributed by atoms with van der Waals surface area (Å²) in [7, 11) is 0. The first-order chi connectivity index (χ1) is 7.63. The average Bonchev–Trinajstić information content (AvgIpc) is 2.32. The van der Waals surface area contributed by atoms with Gasteiger partial charge in [0.05, 0.1) is 23.1 Å². The van der Waals surface area contributed by atoms with E-state index in [9.17, 15) is 0 Å². The van der Waals surface area contributed by atoms with Crippen LogP contribution in [0.15, 0.2) is 24.4 Å². The van der Waals surface area contributed by atoms with Gasteiger partial charge in [-0.3, -0.25) is 4.98 Å². The number of hydrogen-bond donors (Lipinski definition) is 2. The van der Waals surface area contributed by atoms with E-state index in [2.05, 4.69) is 31.0 Å². The minimum Gasteiger partial charge on any atom is -0.396 e. The van der Waals surface area contributed by atoms with Crippen molar-refractivity contribution in [2.24, 2.45) is 0 Å². The van der Waals surface area contributed by atoms with Crippen molar-refractivity contribution in [3.8, 4) is 0 Å². The van der Waals surface area contributed by atoms with E-state index in [1.807, 2.05) is 6.07 Å². The van der Waals surface area contributed by atoms with Crippen LogP contribution in [0.1, 0.15) is 31.7 Å². The molecule has 1 aromatic carbocycles. The maximum atomic E-state index is 5.96. The summed E-state index contributed by atoms with van der Waals surface area (Å²) in [5, 5.41) is 0.956. The van der Waals surface area contributed by atoms with Crippen LogP contribution in [0.4, 0.5) is 11.4 Å². The number of anilines is 2. The van der Waals surface area contributed by atoms with Gasteiger partial charge < -0.3 is 11.5 Å². The van der Waals surface area contributed by atoms with E-state index >= 15 is 0 Å². The van der Waals surface area contributed by atoms with Crippen molar-refractivity contribution in [3.05, 3.63) is 30.0 Å². The maximum Gasteiger partial charge on any atom is 0.0740 e. The zero-order valence-electron chi connectivity index (χ0n) is 9.70. The van der Waals surface area contributed by atoms with E-state index in [0.29, 0.717) is 17.3 Å². The van der Waals surface area contributed by atoms with Crippen LogP contribution in [0.25, 0.3) is 10.9 Å². The molecule has 2 aromatic rings. The summed E-state index contributed by atoms with van der Waals surface area (Å²) < 4.78 is 0. The van der Waals surface area contributed by atoms with Crippen LogP contribution in [0.2, 0.25) is 0 Å². The minimum atomic E-state index is 0.533. The predicted octanol–water partition coefficient (Wildman–Crippen LogP) is 2.91. The van der Waals surface area contributed by atoms with Crippen LogP contribution < -0.4 is 11.5 Å². The second kappa shape index (κ2) is 4.00. The van der Waals surface area contributed by atoms with Gasteiger partial charge in [-0.1, -0.05) is 19.9 Å². The smallest absolute Gasteiger partial charge is 0.0740 e. The lowest BCUT2D eigenvalue weighted by atomic mass is 9.96. The third kappa shape index (κ3) is 1.69. The molecular weight excluding hydrogens is 198 g/mol. The number of pyridine rings is 1. The summed E-state index contributed by atoms with van der Waals surface area (Å²) in [6.45, 7) is 4.38. The molecule has 0 bridgehead atoms. The van der Waals surface area contributed by atoms with Gasteiger partial charge in [-0.25, -0.2) is 0 Å². The number of aromatic nitrogens is 1. The van der Waals surface area contributed by atoms with E-state index in [4.69, 9.17) is 11.5 Å². The van der Waals surface area contributed by atoms with Crippen LogP contribution in [-0.2, 0) is 0 Å². The molecule has 4 N–H and O–H groups in total. The highest BCUT2D eigenvalue weighted by Crippen LogP contribution is 2.28. The molecule has 1 unspecified atom stereocenters. The molecule has 2 rings (SSSR count). The molecule has 0 fully saturated rings. The zero-order valence-corrected chi connectivity index (χ0v) is 9.70. The highest BCUT2D eigenvalue weighted by molar-refractivity contribution is 5.95. The summed E-state index contributed by atoms with van der Waals surface area (Å²) >= 11 is 0. The molecule has 0 aliphatic heterocycles. The van der Waals surface area contributed by atoms with Crippen molar-refractivity contribution in [1.29, 1.82) is 0 Å². The minimum absolute atomic E-state index is 0.533. The van der Waals surface area contributed by atoms with Crippen molar-refractivity contribution >= 4 is 22.3 Å². The van der Waals surface area contributed by atoms with Gasteiger partial charge >= 0.3 is 0 Å². The maximum absolute atomic E-state index is 5.96. The molecule has 3 nitrogen and oxygen atoms in total. The van der Waals surface area contributed by atoms with Gasteiger partial charge in [0.15, 0.2) is 0 Å². The fourth-order valence-electron chi connectivity index (χ4n) is 1.79. The summed E-state index contributed by atoms with van der Waals surface area (Å²) in [6, 6.07) is 6.22. The molecule has 16 heavy (non-hydrogen) atoms. The molecule has 3 heteroatoms. The number of nitrogens with two attached hydrogens (primary N) is 2. The molecule has 0 saturated carbocycles. The van der Waals surface area contributed by atoms with Crippen molar-refractivity contribution in [2.45, 2.75) is 26.2 Å². The quantitative estimate of drug-likeness (QED) is 0.809. The lowest BCUT2D eigenvalue weighted by Gasteiger charge is -2.11. The fraction of sp³-hybridized carbons (Fsp3) is 0.308. The Morgan fingerprint density at radius 1 is 1.31 bits per heavy atom. The Hall–Kier alpha value is -1.77. The van der Waals surface area contributed by atoms with E-state index in [1.165, 1.54) is 5.56 Å². The first kappa shape index (κ1) is 10.7. The molecule has 1 heterocycles. The van der Waals surface area contributed by atoms with Crippen molar-refractivity contribution < 1.29 is 0 Å². The molecule has 0 spiro atoms. The molecule has 84 valence electrons. The Kier molecular flexibility index (Phi) is 2.69. The molecular formula is C13H17N3. The number of hydrogen-bond acceptors (Lipinski definition) is 3. The first-order valence-electron chi connectivity index (χ1n) is 5.57. The largest absolute Gasteiger partial charge is 0.396 e. The monoisotopic (exact) mass is 215 g/mol. The number of benzene rings is 1. The fourth-order valence-corrected chi connectivity index (χ4v) is 1.79. The SMILES string of the molecule is CCC(C)c1ccc2ncc(N)c(N)c2c1. The van der Waals surface area contributed by atoms with Gasteiger partial charge in [-0.05, 0) is 30.0 Å². The molecule has 1 atom stereocenters. The third-order valence-corrected chi connectivity index (χ3v) is 3.15. The topological polar surface area (TPSA) is 64.9 Å². The van der Waals surface area contributed by atoms with E-state index in [1.54, 1.807) is 6.20 Å². The van der Waals surface area contributed by atoms with E-state index < -0.39 is 0 Å². The van der Waals surface area contributed by atoms with Gasteiger partial charge in [0.25, 0.3) is 0 Å². The standard InChI is InChI=1S/C13H17N3/c1-3-8(2)9-4-5-12-10(6-9)13(15)11(14)7-16-12/h4-8H,3,14H2,1-2H3,(H2,15,16). The average molecular weight is 215 g/mol.